The molecule has 7 heteroatoms. The fourth-order valence-electron chi connectivity index (χ4n) is 2.97. The Bertz CT molecular complexity index is 511. The molecule has 4 nitrogen and oxygen atoms in total. The zero-order valence-corrected chi connectivity index (χ0v) is 18.2. The molecule has 0 bridgehead atoms. The lowest BCUT2D eigenvalue weighted by Gasteiger charge is -2.28. The monoisotopic (exact) mass is 409 g/mol. The first-order valence-corrected chi connectivity index (χ1v) is 9.66. The van der Waals surface area contributed by atoms with Gasteiger partial charge in [0.2, 0.25) is 5.91 Å². The molecule has 1 fully saturated rings. The number of nitrogens with one attached hydrogen (secondary N) is 2. The molecular formula is C18H33Cl2N3OS. The Hall–Kier alpha value is -0.360. The van der Waals surface area contributed by atoms with Gasteiger partial charge in [0.15, 0.2) is 0 Å². The van der Waals surface area contributed by atoms with Gasteiger partial charge < -0.3 is 10.6 Å². The summed E-state index contributed by atoms with van der Waals surface area (Å²) in [6.07, 6.45) is 3.94. The lowest BCUT2D eigenvalue weighted by atomic mass is 9.85. The summed E-state index contributed by atoms with van der Waals surface area (Å²) in [5.74, 6) is 1.27. The second kappa shape index (κ2) is 11.4. The molecule has 1 saturated heterocycles. The maximum Gasteiger partial charge on any atom is 0.220 e. The number of thiazole rings is 1. The molecule has 2 N–H and O–H groups in total. The van der Waals surface area contributed by atoms with Crippen LogP contribution in [-0.4, -0.2) is 30.5 Å². The molecule has 0 radical (unpaired) electrons. The standard InChI is InChI=1S/C18H31N3OS.2ClH/c1-13(14-6-5-8-19-11-14)10-16(22)20-9-7-17-21-15(12-23-17)18(2,3)4;;/h12-14,19H,5-11H2,1-4H3,(H,20,22);2*1H. The van der Waals surface area contributed by atoms with Crippen molar-refractivity contribution in [1.29, 1.82) is 0 Å². The normalized spacial score (nSPS) is 18.6. The number of carbonyl (C=O) groups excluding carboxylic acids is 1. The molecule has 1 amide bonds. The molecule has 25 heavy (non-hydrogen) atoms. The largest absolute Gasteiger partial charge is 0.356 e. The van der Waals surface area contributed by atoms with Crippen molar-refractivity contribution in [2.45, 2.75) is 58.8 Å². The van der Waals surface area contributed by atoms with E-state index in [9.17, 15) is 4.79 Å². The molecule has 2 heterocycles. The first-order chi connectivity index (χ1) is 10.9. The number of hydrogen-bond acceptors (Lipinski definition) is 4. The van der Waals surface area contributed by atoms with E-state index in [0.717, 1.165) is 30.2 Å². The third-order valence-corrected chi connectivity index (χ3v) is 5.54. The van der Waals surface area contributed by atoms with Crippen LogP contribution in [0.15, 0.2) is 5.38 Å². The van der Waals surface area contributed by atoms with Gasteiger partial charge in [-0.2, -0.15) is 0 Å². The van der Waals surface area contributed by atoms with E-state index in [2.05, 4.69) is 48.7 Å². The van der Waals surface area contributed by atoms with Crippen LogP contribution in [0.1, 0.15) is 57.7 Å². The number of nitrogens with zero attached hydrogens (tertiary/aromatic N) is 1. The highest BCUT2D eigenvalue weighted by atomic mass is 35.5. The van der Waals surface area contributed by atoms with Crippen molar-refractivity contribution in [1.82, 2.24) is 15.6 Å². The van der Waals surface area contributed by atoms with E-state index in [0.29, 0.717) is 24.8 Å². The molecule has 1 aliphatic rings. The first kappa shape index (κ1) is 24.6. The molecular weight excluding hydrogens is 377 g/mol. The quantitative estimate of drug-likeness (QED) is 0.746. The topological polar surface area (TPSA) is 54.0 Å². The van der Waals surface area contributed by atoms with Gasteiger partial charge >= 0.3 is 0 Å². The predicted molar refractivity (Wildman–Crippen MR) is 111 cm³/mol. The van der Waals surface area contributed by atoms with Crippen molar-refractivity contribution in [2.75, 3.05) is 19.6 Å². The Balaban J connectivity index is 0.00000288. The van der Waals surface area contributed by atoms with Gasteiger partial charge in [0.25, 0.3) is 0 Å². The summed E-state index contributed by atoms with van der Waals surface area (Å²) in [5, 5.41) is 9.73. The number of aromatic nitrogens is 1. The molecule has 0 spiro atoms. The minimum atomic E-state index is 0. The van der Waals surface area contributed by atoms with Crippen LogP contribution < -0.4 is 10.6 Å². The summed E-state index contributed by atoms with van der Waals surface area (Å²) in [5.41, 5.74) is 1.24. The zero-order valence-electron chi connectivity index (χ0n) is 15.8. The number of rotatable bonds is 6. The van der Waals surface area contributed by atoms with E-state index < -0.39 is 0 Å². The van der Waals surface area contributed by atoms with Gasteiger partial charge in [-0.05, 0) is 37.8 Å². The van der Waals surface area contributed by atoms with Gasteiger partial charge in [-0.3, -0.25) is 4.79 Å². The summed E-state index contributed by atoms with van der Waals surface area (Å²) in [6.45, 7) is 11.6. The van der Waals surface area contributed by atoms with Gasteiger partial charge in [-0.25, -0.2) is 4.98 Å². The Kier molecular flexibility index (Phi) is 11.2. The maximum absolute atomic E-state index is 12.1. The molecule has 146 valence electrons. The summed E-state index contributed by atoms with van der Waals surface area (Å²) < 4.78 is 0. The first-order valence-electron chi connectivity index (χ1n) is 8.78. The van der Waals surface area contributed by atoms with Crippen molar-refractivity contribution < 1.29 is 4.79 Å². The molecule has 1 aromatic rings. The van der Waals surface area contributed by atoms with Gasteiger partial charge in [-0.1, -0.05) is 27.7 Å². The van der Waals surface area contributed by atoms with Crippen LogP contribution in [0.4, 0.5) is 0 Å². The second-order valence-corrected chi connectivity index (χ2v) is 8.71. The Morgan fingerprint density at radius 1 is 1.44 bits per heavy atom. The molecule has 1 aromatic heterocycles. The lowest BCUT2D eigenvalue weighted by molar-refractivity contribution is -0.122. The van der Waals surface area contributed by atoms with E-state index in [4.69, 9.17) is 0 Å². The molecule has 2 unspecified atom stereocenters. The van der Waals surface area contributed by atoms with Gasteiger partial charge in [0.05, 0.1) is 10.7 Å². The minimum absolute atomic E-state index is 0. The minimum Gasteiger partial charge on any atom is -0.356 e. The number of piperidine rings is 1. The van der Waals surface area contributed by atoms with Crippen LogP contribution >= 0.6 is 36.2 Å². The number of halogens is 2. The van der Waals surface area contributed by atoms with Crippen molar-refractivity contribution >= 4 is 42.1 Å². The zero-order chi connectivity index (χ0) is 16.9. The van der Waals surface area contributed by atoms with Crippen LogP contribution in [0.5, 0.6) is 0 Å². The second-order valence-electron chi connectivity index (χ2n) is 7.76. The predicted octanol–water partition coefficient (Wildman–Crippen LogP) is 3.97. The Morgan fingerprint density at radius 3 is 2.72 bits per heavy atom. The maximum atomic E-state index is 12.1. The number of hydrogen-bond donors (Lipinski definition) is 2. The van der Waals surface area contributed by atoms with Crippen molar-refractivity contribution in [3.05, 3.63) is 16.1 Å². The van der Waals surface area contributed by atoms with Crippen molar-refractivity contribution in [3.8, 4) is 0 Å². The average molecular weight is 410 g/mol. The molecule has 1 aliphatic heterocycles. The SMILES string of the molecule is CC(CC(=O)NCCc1nc(C(C)(C)C)cs1)C1CCCNC1.Cl.Cl. The van der Waals surface area contributed by atoms with Gasteiger partial charge in [-0.15, -0.1) is 36.2 Å². The van der Waals surface area contributed by atoms with Crippen LogP contribution in [0.3, 0.4) is 0 Å². The molecule has 0 aliphatic carbocycles. The number of carbonyl (C=O) groups is 1. The Morgan fingerprint density at radius 2 is 2.16 bits per heavy atom. The van der Waals surface area contributed by atoms with E-state index >= 15 is 0 Å². The van der Waals surface area contributed by atoms with Crippen LogP contribution in [0, 0.1) is 11.8 Å². The smallest absolute Gasteiger partial charge is 0.220 e. The average Bonchev–Trinajstić information content (AvgIpc) is 2.97. The van der Waals surface area contributed by atoms with Crippen LogP contribution in [-0.2, 0) is 16.6 Å². The highest BCUT2D eigenvalue weighted by molar-refractivity contribution is 7.09. The van der Waals surface area contributed by atoms with E-state index in [1.54, 1.807) is 11.3 Å². The summed E-state index contributed by atoms with van der Waals surface area (Å²) in [7, 11) is 0. The molecule has 2 atom stereocenters. The lowest BCUT2D eigenvalue weighted by Crippen LogP contribution is -2.36. The van der Waals surface area contributed by atoms with Crippen LogP contribution in [0.25, 0.3) is 0 Å². The fraction of sp³-hybridized carbons (Fsp3) is 0.778. The molecule has 2 rings (SSSR count). The highest BCUT2D eigenvalue weighted by Gasteiger charge is 2.22. The summed E-state index contributed by atoms with van der Waals surface area (Å²) >= 11 is 1.69. The van der Waals surface area contributed by atoms with Crippen LogP contribution in [0.2, 0.25) is 0 Å². The van der Waals surface area contributed by atoms with Crippen molar-refractivity contribution in [3.63, 3.8) is 0 Å². The summed E-state index contributed by atoms with van der Waals surface area (Å²) in [4.78, 5) is 16.8. The highest BCUT2D eigenvalue weighted by Crippen LogP contribution is 2.24. The van der Waals surface area contributed by atoms with E-state index in [1.807, 2.05) is 0 Å². The molecule has 0 aromatic carbocycles. The van der Waals surface area contributed by atoms with Crippen molar-refractivity contribution in [2.24, 2.45) is 11.8 Å². The third kappa shape index (κ3) is 8.25. The summed E-state index contributed by atoms with van der Waals surface area (Å²) in [6, 6.07) is 0. The van der Waals surface area contributed by atoms with E-state index in [1.165, 1.54) is 12.8 Å². The fourth-order valence-corrected chi connectivity index (χ4v) is 4.00. The Labute approximate surface area is 168 Å². The number of amides is 1. The molecule has 0 saturated carbocycles. The van der Waals surface area contributed by atoms with Gasteiger partial charge in [0, 0.05) is 30.2 Å². The third-order valence-electron chi connectivity index (χ3n) is 4.63. The van der Waals surface area contributed by atoms with E-state index in [-0.39, 0.29) is 36.1 Å². The van der Waals surface area contributed by atoms with Gasteiger partial charge in [0.1, 0.15) is 0 Å².